The van der Waals surface area contributed by atoms with Crippen molar-refractivity contribution in [1.82, 2.24) is 9.47 Å². The van der Waals surface area contributed by atoms with Crippen LogP contribution in [0.25, 0.3) is 5.69 Å². The van der Waals surface area contributed by atoms with Crippen molar-refractivity contribution in [3.8, 4) is 17.2 Å². The van der Waals surface area contributed by atoms with Crippen LogP contribution in [0.1, 0.15) is 44.6 Å². The van der Waals surface area contributed by atoms with Crippen molar-refractivity contribution in [1.29, 1.82) is 0 Å². The van der Waals surface area contributed by atoms with Crippen molar-refractivity contribution in [3.63, 3.8) is 0 Å². The Bertz CT molecular complexity index is 1570. The molecule has 0 fully saturated rings. The van der Waals surface area contributed by atoms with Gasteiger partial charge in [0, 0.05) is 25.3 Å². The molecule has 0 atom stereocenters. The topological polar surface area (TPSA) is 115 Å². The molecule has 11 nitrogen and oxygen atoms in total. The van der Waals surface area contributed by atoms with Crippen molar-refractivity contribution >= 4 is 19.7 Å². The summed E-state index contributed by atoms with van der Waals surface area (Å²) in [7, 11) is 0.546. The van der Waals surface area contributed by atoms with E-state index in [-0.39, 0.29) is 42.9 Å². The molecule has 4 rings (SSSR count). The van der Waals surface area contributed by atoms with Gasteiger partial charge in [-0.15, -0.1) is 0 Å². The Morgan fingerprint density at radius 2 is 1.36 bits per heavy atom. The number of aromatic nitrogens is 1. The number of amides is 1. The molecular weight excluding hydrogens is 599 g/mol. The van der Waals surface area contributed by atoms with Crippen molar-refractivity contribution in [3.05, 3.63) is 113 Å². The Labute approximate surface area is 262 Å². The molecule has 45 heavy (non-hydrogen) atoms. The van der Waals surface area contributed by atoms with Gasteiger partial charge >= 0.3 is 13.8 Å². The molecule has 0 saturated heterocycles. The number of esters is 1. The highest BCUT2D eigenvalue weighted by molar-refractivity contribution is 7.48. The molecule has 4 aromatic rings. The van der Waals surface area contributed by atoms with Gasteiger partial charge in [0.2, 0.25) is 6.79 Å². The number of hydrogen-bond acceptors (Lipinski definition) is 9. The fourth-order valence-electron chi connectivity index (χ4n) is 4.40. The zero-order valence-electron chi connectivity index (χ0n) is 25.9. The van der Waals surface area contributed by atoms with Crippen molar-refractivity contribution < 1.29 is 41.9 Å². The van der Waals surface area contributed by atoms with E-state index in [1.807, 2.05) is 60.7 Å². The summed E-state index contributed by atoms with van der Waals surface area (Å²) >= 11 is 0. The lowest BCUT2D eigenvalue weighted by molar-refractivity contribution is 0.0408. The molecule has 0 aliphatic heterocycles. The number of rotatable bonds is 15. The highest BCUT2D eigenvalue weighted by Crippen LogP contribution is 2.51. The van der Waals surface area contributed by atoms with E-state index in [1.54, 1.807) is 52.2 Å². The summed E-state index contributed by atoms with van der Waals surface area (Å²) in [5.74, 6) is -0.500. The van der Waals surface area contributed by atoms with Gasteiger partial charge in [-0.2, -0.15) is 0 Å². The van der Waals surface area contributed by atoms with Crippen molar-refractivity contribution in [2.45, 2.75) is 27.1 Å². The fourth-order valence-corrected chi connectivity index (χ4v) is 5.42. The molecule has 0 unspecified atom stereocenters. The predicted octanol–water partition coefficient (Wildman–Crippen LogP) is 6.57. The van der Waals surface area contributed by atoms with Crippen molar-refractivity contribution in [2.75, 3.05) is 34.6 Å². The molecule has 0 N–H and O–H groups in total. The third-order valence-electron chi connectivity index (χ3n) is 6.64. The number of phosphoric ester groups is 1. The molecule has 12 heteroatoms. The lowest BCUT2D eigenvalue weighted by Gasteiger charge is -2.19. The van der Waals surface area contributed by atoms with E-state index in [1.165, 1.54) is 16.6 Å². The number of carbonyl (C=O) groups is 2. The minimum atomic E-state index is -4.20. The second-order valence-corrected chi connectivity index (χ2v) is 11.6. The van der Waals surface area contributed by atoms with Crippen LogP contribution in [0.5, 0.6) is 11.5 Å². The quantitative estimate of drug-likeness (QED) is 0.0812. The standard InChI is InChI=1S/C33H37N2O9P/c1-6-40-33(37)30-31(24(2)29(32(36)34(3)4)35(30)27-17-19-28(39-5)20-18-27)41-23-44-45(38,42-21-25-13-9-7-10-14-25)43-22-26-15-11-8-12-16-26/h7-20H,6,21-23H2,1-5H3. The molecule has 3 aromatic carbocycles. The van der Waals surface area contributed by atoms with Crippen LogP contribution >= 0.6 is 7.82 Å². The zero-order chi connectivity index (χ0) is 32.4. The Morgan fingerprint density at radius 3 is 1.84 bits per heavy atom. The van der Waals surface area contributed by atoms with E-state index < -0.39 is 20.6 Å². The fraction of sp³-hybridized carbons (Fsp3) is 0.273. The Kier molecular flexibility index (Phi) is 11.6. The van der Waals surface area contributed by atoms with Crippen LogP contribution in [0, 0.1) is 6.92 Å². The van der Waals surface area contributed by atoms with Gasteiger partial charge in [0.25, 0.3) is 5.91 Å². The summed E-state index contributed by atoms with van der Waals surface area (Å²) in [5, 5.41) is 0. The lowest BCUT2D eigenvalue weighted by Crippen LogP contribution is -2.26. The number of carbonyl (C=O) groups excluding carboxylic acids is 2. The van der Waals surface area contributed by atoms with Gasteiger partial charge in [-0.05, 0) is 49.2 Å². The van der Waals surface area contributed by atoms with Crippen LogP contribution in [0.2, 0.25) is 0 Å². The van der Waals surface area contributed by atoms with Gasteiger partial charge in [-0.3, -0.25) is 18.4 Å². The number of phosphoric acid groups is 1. The minimum absolute atomic E-state index is 0.0205. The second kappa shape index (κ2) is 15.5. The third-order valence-corrected chi connectivity index (χ3v) is 7.96. The monoisotopic (exact) mass is 636 g/mol. The molecular formula is C33H37N2O9P. The summed E-state index contributed by atoms with van der Waals surface area (Å²) in [6.07, 6.45) is 0. The molecule has 0 aliphatic carbocycles. The molecule has 1 heterocycles. The van der Waals surface area contributed by atoms with Gasteiger partial charge in [0.1, 0.15) is 11.4 Å². The number of hydrogen-bond donors (Lipinski definition) is 0. The Balaban J connectivity index is 1.68. The van der Waals surface area contributed by atoms with Crippen LogP contribution in [0.3, 0.4) is 0 Å². The van der Waals surface area contributed by atoms with Crippen molar-refractivity contribution in [2.24, 2.45) is 0 Å². The largest absolute Gasteiger partial charge is 0.497 e. The second-order valence-electron chi connectivity index (χ2n) is 9.96. The van der Waals surface area contributed by atoms with Gasteiger partial charge in [-0.1, -0.05) is 60.7 Å². The first-order chi connectivity index (χ1) is 21.7. The molecule has 0 spiro atoms. The van der Waals surface area contributed by atoms with Crippen LogP contribution in [0.15, 0.2) is 84.9 Å². The number of methoxy groups -OCH3 is 1. The smallest absolute Gasteiger partial charge is 0.478 e. The molecule has 238 valence electrons. The first-order valence-electron chi connectivity index (χ1n) is 14.2. The zero-order valence-corrected chi connectivity index (χ0v) is 26.8. The predicted molar refractivity (Wildman–Crippen MR) is 168 cm³/mol. The summed E-state index contributed by atoms with van der Waals surface area (Å²) in [5.41, 5.74) is 2.49. The van der Waals surface area contributed by atoms with E-state index in [9.17, 15) is 14.2 Å². The van der Waals surface area contributed by atoms with Gasteiger partial charge in [-0.25, -0.2) is 13.9 Å². The first-order valence-corrected chi connectivity index (χ1v) is 15.7. The summed E-state index contributed by atoms with van der Waals surface area (Å²) in [6.45, 7) is 2.67. The molecule has 0 bridgehead atoms. The Hall–Kier alpha value is -4.41. The summed E-state index contributed by atoms with van der Waals surface area (Å²) in [4.78, 5) is 28.2. The van der Waals surface area contributed by atoms with Gasteiger partial charge in [0.05, 0.1) is 26.9 Å². The van der Waals surface area contributed by atoms with E-state index in [0.29, 0.717) is 17.0 Å². The number of benzene rings is 3. The highest BCUT2D eigenvalue weighted by atomic mass is 31.2. The SMILES string of the molecule is CCOC(=O)c1c(OCOP(=O)(OCc2ccccc2)OCc2ccccc2)c(C)c(C(=O)N(C)C)n1-c1ccc(OC)cc1. The molecule has 1 amide bonds. The maximum atomic E-state index is 13.8. The number of nitrogens with zero attached hydrogens (tertiary/aromatic N) is 2. The summed E-state index contributed by atoms with van der Waals surface area (Å²) < 4.78 is 48.9. The normalized spacial score (nSPS) is 11.2. The first kappa shape index (κ1) is 33.5. The van der Waals surface area contributed by atoms with Crippen LogP contribution in [-0.4, -0.2) is 55.9 Å². The maximum Gasteiger partial charge on any atom is 0.478 e. The van der Waals surface area contributed by atoms with Crippen LogP contribution < -0.4 is 9.47 Å². The molecule has 0 saturated carbocycles. The van der Waals surface area contributed by atoms with Crippen LogP contribution in [-0.2, 0) is 36.1 Å². The van der Waals surface area contributed by atoms with E-state index in [0.717, 1.165) is 11.1 Å². The maximum absolute atomic E-state index is 13.8. The molecule has 0 aliphatic rings. The van der Waals surface area contributed by atoms with Gasteiger partial charge in [0.15, 0.2) is 11.4 Å². The van der Waals surface area contributed by atoms with Crippen LogP contribution in [0.4, 0.5) is 0 Å². The summed E-state index contributed by atoms with van der Waals surface area (Å²) in [6, 6.07) is 25.1. The average Bonchev–Trinajstić information content (AvgIpc) is 3.35. The highest BCUT2D eigenvalue weighted by Gasteiger charge is 2.34. The van der Waals surface area contributed by atoms with E-state index >= 15 is 0 Å². The number of ether oxygens (including phenoxy) is 3. The third kappa shape index (κ3) is 8.40. The van der Waals surface area contributed by atoms with E-state index in [2.05, 4.69) is 0 Å². The minimum Gasteiger partial charge on any atom is -0.497 e. The molecule has 1 aromatic heterocycles. The lowest BCUT2D eigenvalue weighted by atomic mass is 10.2. The van der Waals surface area contributed by atoms with E-state index in [4.69, 9.17) is 27.8 Å². The molecule has 0 radical (unpaired) electrons. The Morgan fingerprint density at radius 1 is 0.800 bits per heavy atom. The van der Waals surface area contributed by atoms with Gasteiger partial charge < -0.3 is 19.1 Å². The average molecular weight is 637 g/mol.